The fourth-order valence-corrected chi connectivity index (χ4v) is 2.82. The van der Waals surface area contributed by atoms with Gasteiger partial charge in [0, 0.05) is 32.3 Å². The predicted octanol–water partition coefficient (Wildman–Crippen LogP) is 0.439. The van der Waals surface area contributed by atoms with Gasteiger partial charge in [-0.15, -0.1) is 12.4 Å². The molecule has 1 aliphatic rings. The van der Waals surface area contributed by atoms with Crippen LogP contribution in [0.4, 0.5) is 0 Å². The van der Waals surface area contributed by atoms with Crippen LogP contribution < -0.4 is 5.32 Å². The maximum Gasteiger partial charge on any atom is 0.273 e. The van der Waals surface area contributed by atoms with E-state index in [0.29, 0.717) is 11.6 Å². The zero-order chi connectivity index (χ0) is 14.4. The zero-order valence-corrected chi connectivity index (χ0v) is 13.1. The van der Waals surface area contributed by atoms with Gasteiger partial charge in [0.15, 0.2) is 5.69 Å². The maximum atomic E-state index is 12.0. The Morgan fingerprint density at radius 1 is 1.57 bits per heavy atom. The lowest BCUT2D eigenvalue weighted by atomic mass is 9.98. The molecule has 2 atom stereocenters. The van der Waals surface area contributed by atoms with Gasteiger partial charge in [0.2, 0.25) is 0 Å². The van der Waals surface area contributed by atoms with Crippen LogP contribution >= 0.6 is 12.4 Å². The van der Waals surface area contributed by atoms with Gasteiger partial charge in [-0.2, -0.15) is 15.4 Å². The molecule has 0 spiro atoms. The highest BCUT2D eigenvalue weighted by Crippen LogP contribution is 2.22. The van der Waals surface area contributed by atoms with Crippen LogP contribution in [0, 0.1) is 5.92 Å². The van der Waals surface area contributed by atoms with Gasteiger partial charge >= 0.3 is 0 Å². The van der Waals surface area contributed by atoms with E-state index in [2.05, 4.69) is 32.6 Å². The number of nitrogens with zero attached hydrogens (tertiary/aromatic N) is 3. The molecular weight excluding hydrogens is 294 g/mol. The first kappa shape index (κ1) is 17.9. The summed E-state index contributed by atoms with van der Waals surface area (Å²) < 4.78 is 0. The van der Waals surface area contributed by atoms with Crippen LogP contribution in [0.1, 0.15) is 36.7 Å². The topological polar surface area (TPSA) is 94.1 Å². The number of carbonyl (C=O) groups is 1. The number of rotatable bonds is 7. The number of aliphatic hydroxyl groups excluding tert-OH is 1. The molecule has 120 valence electrons. The van der Waals surface area contributed by atoms with Crippen molar-refractivity contribution in [2.75, 3.05) is 26.2 Å². The van der Waals surface area contributed by atoms with Gasteiger partial charge in [-0.05, 0) is 18.8 Å². The zero-order valence-electron chi connectivity index (χ0n) is 12.3. The highest BCUT2D eigenvalue weighted by Gasteiger charge is 2.33. The first-order valence-electron chi connectivity index (χ1n) is 7.24. The third-order valence-corrected chi connectivity index (χ3v) is 3.77. The number of halogens is 1. The summed E-state index contributed by atoms with van der Waals surface area (Å²) in [5.41, 5.74) is 0.328. The van der Waals surface area contributed by atoms with E-state index in [1.807, 2.05) is 0 Å². The Bertz CT molecular complexity index is 415. The van der Waals surface area contributed by atoms with Crippen LogP contribution in [0.25, 0.3) is 0 Å². The molecule has 3 N–H and O–H groups in total. The number of hydrogen-bond donors (Lipinski definition) is 3. The quantitative estimate of drug-likeness (QED) is 0.678. The second kappa shape index (κ2) is 8.96. The predicted molar refractivity (Wildman–Crippen MR) is 81.4 cm³/mol. The molecule has 1 saturated heterocycles. The highest BCUT2D eigenvalue weighted by molar-refractivity contribution is 5.92. The molecule has 1 aliphatic heterocycles. The second-order valence-corrected chi connectivity index (χ2v) is 5.32. The molecule has 1 aromatic rings. The molecule has 8 heteroatoms. The molecule has 1 aromatic heterocycles. The van der Waals surface area contributed by atoms with Crippen LogP contribution in [-0.4, -0.2) is 63.6 Å². The van der Waals surface area contributed by atoms with Gasteiger partial charge < -0.3 is 15.3 Å². The first-order chi connectivity index (χ1) is 9.74. The Balaban J connectivity index is 0.00000220. The summed E-state index contributed by atoms with van der Waals surface area (Å²) in [6.07, 6.45) is 4.42. The average Bonchev–Trinajstić information content (AvgIpc) is 3.07. The number of nitrogens with one attached hydrogen (secondary N) is 2. The van der Waals surface area contributed by atoms with Crippen molar-refractivity contribution in [1.82, 2.24) is 25.6 Å². The molecule has 1 amide bonds. The summed E-state index contributed by atoms with van der Waals surface area (Å²) in [5, 5.41) is 21.9. The Labute approximate surface area is 130 Å². The Kier molecular flexibility index (Phi) is 7.63. The normalized spacial score (nSPS) is 22.0. The van der Waals surface area contributed by atoms with Gasteiger partial charge in [0.1, 0.15) is 0 Å². The van der Waals surface area contributed by atoms with E-state index in [1.165, 1.54) is 6.20 Å². The molecule has 0 bridgehead atoms. The molecule has 0 saturated carbocycles. The van der Waals surface area contributed by atoms with E-state index >= 15 is 0 Å². The molecule has 0 aromatic carbocycles. The standard InChI is InChI=1S/C13H23N5O2.ClH/c1-2-4-10-8-18(5-3-6-19)9-12(10)15-13(20)11-7-14-17-16-11;/h7,10,12,19H,2-6,8-9H2,1H3,(H,15,20)(H,14,16,17);1H/t10-,12-;/m0./s1. The van der Waals surface area contributed by atoms with E-state index in [1.54, 1.807) is 0 Å². The van der Waals surface area contributed by atoms with E-state index in [4.69, 9.17) is 5.11 Å². The molecule has 2 heterocycles. The van der Waals surface area contributed by atoms with Crippen molar-refractivity contribution in [3.05, 3.63) is 11.9 Å². The van der Waals surface area contributed by atoms with Crippen molar-refractivity contribution >= 4 is 18.3 Å². The van der Waals surface area contributed by atoms with Crippen LogP contribution in [0.3, 0.4) is 0 Å². The monoisotopic (exact) mass is 317 g/mol. The van der Waals surface area contributed by atoms with E-state index in [0.717, 1.165) is 38.9 Å². The number of aromatic amines is 1. The Hall–Kier alpha value is -1.18. The lowest BCUT2D eigenvalue weighted by Gasteiger charge is -2.18. The molecule has 7 nitrogen and oxygen atoms in total. The average molecular weight is 318 g/mol. The summed E-state index contributed by atoms with van der Waals surface area (Å²) in [6, 6.07) is 0.151. The summed E-state index contributed by atoms with van der Waals surface area (Å²) >= 11 is 0. The summed E-state index contributed by atoms with van der Waals surface area (Å²) in [7, 11) is 0. The molecule has 2 rings (SSSR count). The van der Waals surface area contributed by atoms with Gasteiger partial charge in [-0.25, -0.2) is 0 Å². The molecule has 1 fully saturated rings. The third-order valence-electron chi connectivity index (χ3n) is 3.77. The van der Waals surface area contributed by atoms with Crippen molar-refractivity contribution in [3.63, 3.8) is 0 Å². The van der Waals surface area contributed by atoms with Crippen molar-refractivity contribution in [2.24, 2.45) is 5.92 Å². The largest absolute Gasteiger partial charge is 0.396 e. The Morgan fingerprint density at radius 3 is 3.00 bits per heavy atom. The smallest absolute Gasteiger partial charge is 0.273 e. The molecule has 0 aliphatic carbocycles. The van der Waals surface area contributed by atoms with Gasteiger partial charge in [0.05, 0.1) is 6.20 Å². The van der Waals surface area contributed by atoms with Crippen LogP contribution in [0.2, 0.25) is 0 Å². The number of H-pyrrole nitrogens is 1. The molecular formula is C13H24ClN5O2. The van der Waals surface area contributed by atoms with E-state index in [9.17, 15) is 4.79 Å². The minimum Gasteiger partial charge on any atom is -0.396 e. The van der Waals surface area contributed by atoms with E-state index < -0.39 is 0 Å². The summed E-state index contributed by atoms with van der Waals surface area (Å²) in [6.45, 7) is 5.08. The number of hydrogen-bond acceptors (Lipinski definition) is 5. The lowest BCUT2D eigenvalue weighted by molar-refractivity contribution is 0.0923. The number of likely N-dealkylation sites (tertiary alicyclic amines) is 1. The van der Waals surface area contributed by atoms with Crippen LogP contribution in [-0.2, 0) is 0 Å². The fraction of sp³-hybridized carbons (Fsp3) is 0.769. The highest BCUT2D eigenvalue weighted by atomic mass is 35.5. The van der Waals surface area contributed by atoms with Gasteiger partial charge in [0.25, 0.3) is 5.91 Å². The first-order valence-corrected chi connectivity index (χ1v) is 7.24. The molecule has 0 radical (unpaired) electrons. The van der Waals surface area contributed by atoms with E-state index in [-0.39, 0.29) is 31.0 Å². The summed E-state index contributed by atoms with van der Waals surface area (Å²) in [4.78, 5) is 14.3. The van der Waals surface area contributed by atoms with Crippen molar-refractivity contribution in [1.29, 1.82) is 0 Å². The number of amides is 1. The SMILES string of the molecule is CCC[C@H]1CN(CCCO)C[C@@H]1NC(=O)c1cn[nH]n1.Cl. The number of aliphatic hydroxyl groups is 1. The van der Waals surface area contributed by atoms with Gasteiger partial charge in [-0.1, -0.05) is 13.3 Å². The third kappa shape index (κ3) is 4.94. The van der Waals surface area contributed by atoms with Crippen LogP contribution in [0.5, 0.6) is 0 Å². The lowest BCUT2D eigenvalue weighted by Crippen LogP contribution is -2.40. The minimum atomic E-state index is -0.172. The van der Waals surface area contributed by atoms with Crippen molar-refractivity contribution < 1.29 is 9.90 Å². The molecule has 0 unspecified atom stereocenters. The van der Waals surface area contributed by atoms with Crippen molar-refractivity contribution in [2.45, 2.75) is 32.2 Å². The number of aromatic nitrogens is 3. The molecule has 21 heavy (non-hydrogen) atoms. The van der Waals surface area contributed by atoms with Crippen LogP contribution in [0.15, 0.2) is 6.20 Å². The number of carbonyl (C=O) groups excluding carboxylic acids is 1. The summed E-state index contributed by atoms with van der Waals surface area (Å²) in [5.74, 6) is 0.295. The second-order valence-electron chi connectivity index (χ2n) is 5.32. The van der Waals surface area contributed by atoms with Gasteiger partial charge in [-0.3, -0.25) is 4.79 Å². The Morgan fingerprint density at radius 2 is 2.38 bits per heavy atom. The minimum absolute atomic E-state index is 0. The van der Waals surface area contributed by atoms with Crippen molar-refractivity contribution in [3.8, 4) is 0 Å². The maximum absolute atomic E-state index is 12.0. The fourth-order valence-electron chi connectivity index (χ4n) is 2.82.